The fourth-order valence-corrected chi connectivity index (χ4v) is 2.72. The predicted molar refractivity (Wildman–Crippen MR) is 54.7 cm³/mol. The van der Waals surface area contributed by atoms with Gasteiger partial charge in [-0.25, -0.2) is 0 Å². The number of esters is 1. The van der Waals surface area contributed by atoms with Crippen LogP contribution in [-0.2, 0) is 14.3 Å². The monoisotopic (exact) mass is 294 g/mol. The van der Waals surface area contributed by atoms with E-state index in [9.17, 15) is 9.59 Å². The molecular formula is C9H11IO3. The normalized spacial score (nSPS) is 38.7. The second-order valence-corrected chi connectivity index (χ2v) is 4.63. The number of alkyl halides is 1. The Morgan fingerprint density at radius 3 is 2.77 bits per heavy atom. The third-order valence-corrected chi connectivity index (χ3v) is 3.94. The molecule has 1 aliphatic heterocycles. The molecule has 1 saturated carbocycles. The molecule has 2 fully saturated rings. The molecule has 2 aliphatic rings. The summed E-state index contributed by atoms with van der Waals surface area (Å²) in [6.07, 6.45) is 2.70. The maximum atomic E-state index is 11.6. The van der Waals surface area contributed by atoms with Crippen LogP contribution in [0.3, 0.4) is 0 Å². The number of ether oxygens (including phenoxy) is 1. The summed E-state index contributed by atoms with van der Waals surface area (Å²) < 4.78 is 5.94. The van der Waals surface area contributed by atoms with Gasteiger partial charge in [0.15, 0.2) is 0 Å². The molecule has 0 aromatic carbocycles. The number of hydrogen-bond donors (Lipinski definition) is 0. The van der Waals surface area contributed by atoms with Crippen molar-refractivity contribution >= 4 is 34.3 Å². The van der Waals surface area contributed by atoms with Crippen LogP contribution in [0.15, 0.2) is 0 Å². The molecule has 0 amide bonds. The largest absolute Gasteiger partial charge is 0.461 e. The number of halogens is 1. The van der Waals surface area contributed by atoms with Gasteiger partial charge < -0.3 is 4.74 Å². The molecule has 0 aromatic rings. The Morgan fingerprint density at radius 2 is 2.31 bits per heavy atom. The molecule has 0 aromatic heterocycles. The summed E-state index contributed by atoms with van der Waals surface area (Å²) in [5, 5.41) is 0. The molecule has 0 radical (unpaired) electrons. The fourth-order valence-electron chi connectivity index (χ4n) is 2.23. The SMILES string of the molecule is O=C1CCC[C@]12C[C@@H](CI)OC2=O. The Kier molecular flexibility index (Phi) is 2.33. The Morgan fingerprint density at radius 1 is 1.54 bits per heavy atom. The van der Waals surface area contributed by atoms with Gasteiger partial charge in [0, 0.05) is 17.3 Å². The van der Waals surface area contributed by atoms with Crippen LogP contribution in [0.5, 0.6) is 0 Å². The van der Waals surface area contributed by atoms with Crippen molar-refractivity contribution in [3.05, 3.63) is 0 Å². The first-order valence-corrected chi connectivity index (χ1v) is 6.02. The predicted octanol–water partition coefficient (Wildman–Crippen LogP) is 1.48. The first kappa shape index (κ1) is 9.43. The Bertz CT molecular complexity index is 264. The zero-order valence-corrected chi connectivity index (χ0v) is 9.37. The molecule has 2 atom stereocenters. The Hall–Kier alpha value is -0.130. The van der Waals surface area contributed by atoms with Crippen molar-refractivity contribution in [3.63, 3.8) is 0 Å². The molecular weight excluding hydrogens is 283 g/mol. The summed E-state index contributed by atoms with van der Waals surface area (Å²) >= 11 is 2.19. The minimum atomic E-state index is -0.726. The topological polar surface area (TPSA) is 43.4 Å². The first-order valence-electron chi connectivity index (χ1n) is 4.49. The molecule has 3 nitrogen and oxygen atoms in total. The third-order valence-electron chi connectivity index (χ3n) is 2.95. The van der Waals surface area contributed by atoms with Crippen LogP contribution < -0.4 is 0 Å². The van der Waals surface area contributed by atoms with E-state index in [-0.39, 0.29) is 17.9 Å². The molecule has 1 aliphatic carbocycles. The lowest BCUT2D eigenvalue weighted by molar-refractivity contribution is -0.151. The highest BCUT2D eigenvalue weighted by molar-refractivity contribution is 14.1. The third kappa shape index (κ3) is 1.30. The van der Waals surface area contributed by atoms with Crippen LogP contribution in [0.2, 0.25) is 0 Å². The van der Waals surface area contributed by atoms with Gasteiger partial charge >= 0.3 is 5.97 Å². The molecule has 4 heteroatoms. The van der Waals surface area contributed by atoms with E-state index in [1.165, 1.54) is 0 Å². The minimum Gasteiger partial charge on any atom is -0.461 e. The van der Waals surface area contributed by atoms with Crippen LogP contribution in [0.4, 0.5) is 0 Å². The summed E-state index contributed by atoms with van der Waals surface area (Å²) in [5.74, 6) is -0.165. The molecule has 13 heavy (non-hydrogen) atoms. The van der Waals surface area contributed by atoms with Crippen molar-refractivity contribution in [1.29, 1.82) is 0 Å². The van der Waals surface area contributed by atoms with Gasteiger partial charge in [-0.1, -0.05) is 22.6 Å². The van der Waals surface area contributed by atoms with Crippen molar-refractivity contribution in [2.45, 2.75) is 31.8 Å². The van der Waals surface area contributed by atoms with Gasteiger partial charge in [-0.05, 0) is 12.8 Å². The number of rotatable bonds is 1. The molecule has 1 heterocycles. The van der Waals surface area contributed by atoms with E-state index in [0.29, 0.717) is 19.3 Å². The molecule has 0 N–H and O–H groups in total. The number of carbonyl (C=O) groups excluding carboxylic acids is 2. The van der Waals surface area contributed by atoms with Crippen LogP contribution in [0.1, 0.15) is 25.7 Å². The summed E-state index contributed by atoms with van der Waals surface area (Å²) in [7, 11) is 0. The zero-order chi connectivity index (χ0) is 9.47. The smallest absolute Gasteiger partial charge is 0.320 e. The van der Waals surface area contributed by atoms with E-state index in [0.717, 1.165) is 10.8 Å². The van der Waals surface area contributed by atoms with Crippen LogP contribution >= 0.6 is 22.6 Å². The van der Waals surface area contributed by atoms with Crippen molar-refractivity contribution in [1.82, 2.24) is 0 Å². The van der Waals surface area contributed by atoms with Crippen LogP contribution in [0.25, 0.3) is 0 Å². The van der Waals surface area contributed by atoms with E-state index >= 15 is 0 Å². The van der Waals surface area contributed by atoms with Crippen molar-refractivity contribution in [3.8, 4) is 0 Å². The summed E-state index contributed by atoms with van der Waals surface area (Å²) in [4.78, 5) is 23.1. The van der Waals surface area contributed by atoms with Gasteiger partial charge in [0.25, 0.3) is 0 Å². The molecule has 0 bridgehead atoms. The lowest BCUT2D eigenvalue weighted by Crippen LogP contribution is -2.30. The van der Waals surface area contributed by atoms with E-state index < -0.39 is 5.41 Å². The first-order chi connectivity index (χ1) is 6.19. The average Bonchev–Trinajstić information content (AvgIpc) is 2.62. The van der Waals surface area contributed by atoms with Crippen LogP contribution in [0, 0.1) is 5.41 Å². The lowest BCUT2D eigenvalue weighted by atomic mass is 9.82. The van der Waals surface area contributed by atoms with Gasteiger partial charge in [0.2, 0.25) is 0 Å². The number of hydrogen-bond acceptors (Lipinski definition) is 3. The number of ketones is 1. The highest BCUT2D eigenvalue weighted by Crippen LogP contribution is 2.45. The van der Waals surface area contributed by atoms with Gasteiger partial charge in [-0.3, -0.25) is 9.59 Å². The van der Waals surface area contributed by atoms with Gasteiger partial charge in [0.1, 0.15) is 17.3 Å². The highest BCUT2D eigenvalue weighted by Gasteiger charge is 2.55. The maximum Gasteiger partial charge on any atom is 0.320 e. The second-order valence-electron chi connectivity index (χ2n) is 3.74. The number of carbonyl (C=O) groups is 2. The van der Waals surface area contributed by atoms with E-state index in [1.54, 1.807) is 0 Å². The standard InChI is InChI=1S/C9H11IO3/c10-5-6-4-9(8(12)13-6)3-1-2-7(9)11/h6H,1-5H2/t6-,9-/m0/s1. The molecule has 1 saturated heterocycles. The highest BCUT2D eigenvalue weighted by atomic mass is 127. The van der Waals surface area contributed by atoms with Crippen LogP contribution in [-0.4, -0.2) is 22.3 Å². The lowest BCUT2D eigenvalue weighted by Gasteiger charge is -2.14. The second kappa shape index (κ2) is 3.22. The maximum absolute atomic E-state index is 11.6. The van der Waals surface area contributed by atoms with Gasteiger partial charge in [-0.15, -0.1) is 0 Å². The number of Topliss-reactive ketones (excluding diaryl/α,β-unsaturated/α-hetero) is 1. The van der Waals surface area contributed by atoms with Crippen molar-refractivity contribution in [2.24, 2.45) is 5.41 Å². The molecule has 0 unspecified atom stereocenters. The number of cyclic esters (lactones) is 1. The minimum absolute atomic E-state index is 0.0323. The van der Waals surface area contributed by atoms with Gasteiger partial charge in [0.05, 0.1) is 0 Å². The Balaban J connectivity index is 2.23. The van der Waals surface area contributed by atoms with E-state index in [2.05, 4.69) is 22.6 Å². The van der Waals surface area contributed by atoms with E-state index in [4.69, 9.17) is 4.74 Å². The fraction of sp³-hybridized carbons (Fsp3) is 0.778. The molecule has 2 rings (SSSR count). The Labute approximate surface area is 90.3 Å². The van der Waals surface area contributed by atoms with E-state index in [1.807, 2.05) is 0 Å². The average molecular weight is 294 g/mol. The summed E-state index contributed by atoms with van der Waals surface area (Å²) in [5.41, 5.74) is -0.726. The molecule has 1 spiro atoms. The van der Waals surface area contributed by atoms with Crippen molar-refractivity contribution in [2.75, 3.05) is 4.43 Å². The van der Waals surface area contributed by atoms with Gasteiger partial charge in [-0.2, -0.15) is 0 Å². The quantitative estimate of drug-likeness (QED) is 0.318. The van der Waals surface area contributed by atoms with Crippen molar-refractivity contribution < 1.29 is 14.3 Å². The summed E-state index contributed by atoms with van der Waals surface area (Å²) in [6.45, 7) is 0. The zero-order valence-electron chi connectivity index (χ0n) is 7.22. The molecule has 72 valence electrons. The summed E-state index contributed by atoms with van der Waals surface area (Å²) in [6, 6.07) is 0.